The van der Waals surface area contributed by atoms with E-state index in [4.69, 9.17) is 4.74 Å². The van der Waals surface area contributed by atoms with Crippen molar-refractivity contribution in [3.05, 3.63) is 22.4 Å². The van der Waals surface area contributed by atoms with E-state index in [1.165, 1.54) is 30.9 Å². The van der Waals surface area contributed by atoms with Crippen LogP contribution in [0.25, 0.3) is 0 Å². The van der Waals surface area contributed by atoms with Gasteiger partial charge in [0.1, 0.15) is 0 Å². The van der Waals surface area contributed by atoms with E-state index in [1.807, 2.05) is 11.3 Å². The molecule has 2 saturated heterocycles. The summed E-state index contributed by atoms with van der Waals surface area (Å²) in [6.45, 7) is 7.72. The number of hydrogen-bond donors (Lipinski definition) is 1. The van der Waals surface area contributed by atoms with Gasteiger partial charge in [-0.05, 0) is 24.4 Å². The maximum Gasteiger partial charge on any atom is 0.0594 e. The molecule has 2 aliphatic heterocycles. The summed E-state index contributed by atoms with van der Waals surface area (Å²) in [7, 11) is 0. The summed E-state index contributed by atoms with van der Waals surface area (Å²) >= 11 is 1.88. The number of rotatable bonds is 4. The summed E-state index contributed by atoms with van der Waals surface area (Å²) in [6, 6.07) is 4.43. The second-order valence-electron chi connectivity index (χ2n) is 5.09. The topological polar surface area (TPSA) is 24.5 Å². The van der Waals surface area contributed by atoms with E-state index >= 15 is 0 Å². The molecule has 17 heavy (non-hydrogen) atoms. The zero-order valence-corrected chi connectivity index (χ0v) is 11.0. The lowest BCUT2D eigenvalue weighted by atomic mass is 9.80. The fourth-order valence-electron chi connectivity index (χ4n) is 2.65. The summed E-state index contributed by atoms with van der Waals surface area (Å²) in [5, 5.41) is 5.58. The number of piperazine rings is 1. The Bertz CT molecular complexity index is 342. The van der Waals surface area contributed by atoms with Gasteiger partial charge in [0.05, 0.1) is 18.6 Å². The van der Waals surface area contributed by atoms with Crippen LogP contribution in [0.15, 0.2) is 17.5 Å². The Morgan fingerprint density at radius 2 is 2.18 bits per heavy atom. The van der Waals surface area contributed by atoms with Crippen molar-refractivity contribution in [3.8, 4) is 0 Å². The number of ether oxygens (including phenoxy) is 1. The number of nitrogens with zero attached hydrogens (tertiary/aromatic N) is 1. The molecule has 1 aromatic heterocycles. The molecule has 1 aromatic rings. The van der Waals surface area contributed by atoms with Crippen LogP contribution in [0.3, 0.4) is 0 Å². The SMILES string of the molecule is c1csc(C2(CCN3CCNCC3)COC2)c1. The average molecular weight is 252 g/mol. The monoisotopic (exact) mass is 252 g/mol. The van der Waals surface area contributed by atoms with Gasteiger partial charge in [-0.2, -0.15) is 0 Å². The average Bonchev–Trinajstić information content (AvgIpc) is 2.83. The Kier molecular flexibility index (Phi) is 3.47. The molecule has 1 N–H and O–H groups in total. The summed E-state index contributed by atoms with van der Waals surface area (Å²) in [6.07, 6.45) is 1.24. The number of thiophene rings is 1. The van der Waals surface area contributed by atoms with E-state index in [2.05, 4.69) is 27.7 Å². The lowest BCUT2D eigenvalue weighted by molar-refractivity contribution is -0.0660. The van der Waals surface area contributed by atoms with Gasteiger partial charge >= 0.3 is 0 Å². The summed E-state index contributed by atoms with van der Waals surface area (Å²) in [5.74, 6) is 0. The van der Waals surface area contributed by atoms with Crippen LogP contribution >= 0.6 is 11.3 Å². The molecule has 94 valence electrons. The molecule has 0 aromatic carbocycles. The van der Waals surface area contributed by atoms with E-state index in [0.29, 0.717) is 5.41 Å². The smallest absolute Gasteiger partial charge is 0.0594 e. The molecule has 3 rings (SSSR count). The number of nitrogens with one attached hydrogen (secondary N) is 1. The largest absolute Gasteiger partial charge is 0.379 e. The van der Waals surface area contributed by atoms with Crippen LogP contribution in [0.2, 0.25) is 0 Å². The Balaban J connectivity index is 1.59. The van der Waals surface area contributed by atoms with Gasteiger partial charge in [-0.3, -0.25) is 0 Å². The van der Waals surface area contributed by atoms with E-state index in [9.17, 15) is 0 Å². The first-order chi connectivity index (χ1) is 8.39. The number of hydrogen-bond acceptors (Lipinski definition) is 4. The second-order valence-corrected chi connectivity index (χ2v) is 6.04. The molecule has 0 aliphatic carbocycles. The quantitative estimate of drug-likeness (QED) is 0.874. The van der Waals surface area contributed by atoms with Crippen LogP contribution in [-0.2, 0) is 10.2 Å². The van der Waals surface area contributed by atoms with Gasteiger partial charge in [-0.1, -0.05) is 6.07 Å². The molecule has 0 amide bonds. The third kappa shape index (κ3) is 2.40. The fraction of sp³-hybridized carbons (Fsp3) is 0.692. The van der Waals surface area contributed by atoms with Gasteiger partial charge in [0, 0.05) is 31.1 Å². The molecule has 2 fully saturated rings. The molecular formula is C13H20N2OS. The van der Waals surface area contributed by atoms with Crippen LogP contribution in [-0.4, -0.2) is 50.8 Å². The van der Waals surface area contributed by atoms with Crippen LogP contribution < -0.4 is 5.32 Å². The van der Waals surface area contributed by atoms with Crippen LogP contribution in [0.1, 0.15) is 11.3 Å². The normalized spacial score (nSPS) is 24.5. The van der Waals surface area contributed by atoms with Gasteiger partial charge in [0.2, 0.25) is 0 Å². The molecule has 0 atom stereocenters. The van der Waals surface area contributed by atoms with E-state index in [1.54, 1.807) is 0 Å². The predicted molar refractivity (Wildman–Crippen MR) is 70.7 cm³/mol. The lowest BCUT2D eigenvalue weighted by Gasteiger charge is -2.42. The summed E-state index contributed by atoms with van der Waals surface area (Å²) < 4.78 is 5.48. The Morgan fingerprint density at radius 3 is 2.76 bits per heavy atom. The minimum absolute atomic E-state index is 0.332. The van der Waals surface area contributed by atoms with Crippen molar-refractivity contribution in [3.63, 3.8) is 0 Å². The molecule has 4 heteroatoms. The van der Waals surface area contributed by atoms with Crippen molar-refractivity contribution in [1.29, 1.82) is 0 Å². The molecule has 0 saturated carbocycles. The molecule has 3 nitrogen and oxygen atoms in total. The van der Waals surface area contributed by atoms with Gasteiger partial charge < -0.3 is 15.0 Å². The summed E-state index contributed by atoms with van der Waals surface area (Å²) in [5.41, 5.74) is 0.332. The van der Waals surface area contributed by atoms with Crippen molar-refractivity contribution in [1.82, 2.24) is 10.2 Å². The molecule has 2 aliphatic rings. The first kappa shape index (κ1) is 11.7. The molecular weight excluding hydrogens is 232 g/mol. The maximum absolute atomic E-state index is 5.48. The third-order valence-corrected chi connectivity index (χ3v) is 5.03. The van der Waals surface area contributed by atoms with Crippen molar-refractivity contribution in [2.45, 2.75) is 11.8 Å². The summed E-state index contributed by atoms with van der Waals surface area (Å²) in [4.78, 5) is 4.09. The van der Waals surface area contributed by atoms with Crippen molar-refractivity contribution >= 4 is 11.3 Å². The predicted octanol–water partition coefficient (Wildman–Crippen LogP) is 1.31. The second kappa shape index (κ2) is 5.06. The molecule has 0 spiro atoms. The standard InChI is InChI=1S/C13H20N2OS/c1-2-12(17-9-1)13(10-16-11-13)3-6-15-7-4-14-5-8-15/h1-2,9,14H,3-8,10-11H2. The molecule has 0 bridgehead atoms. The van der Waals surface area contributed by atoms with Gasteiger partial charge in [0.25, 0.3) is 0 Å². The Morgan fingerprint density at radius 1 is 1.35 bits per heavy atom. The van der Waals surface area contributed by atoms with Gasteiger partial charge in [0.15, 0.2) is 0 Å². The molecule has 3 heterocycles. The van der Waals surface area contributed by atoms with Crippen LogP contribution in [0.5, 0.6) is 0 Å². The molecule has 0 unspecified atom stereocenters. The van der Waals surface area contributed by atoms with Gasteiger partial charge in [-0.25, -0.2) is 0 Å². The lowest BCUT2D eigenvalue weighted by Crippen LogP contribution is -2.50. The van der Waals surface area contributed by atoms with Crippen LogP contribution in [0.4, 0.5) is 0 Å². The highest BCUT2D eigenvalue weighted by Crippen LogP contribution is 2.38. The highest BCUT2D eigenvalue weighted by molar-refractivity contribution is 7.10. The van der Waals surface area contributed by atoms with Crippen molar-refractivity contribution < 1.29 is 4.74 Å². The fourth-order valence-corrected chi connectivity index (χ4v) is 3.58. The third-order valence-electron chi connectivity index (χ3n) is 3.92. The Hall–Kier alpha value is -0.420. The van der Waals surface area contributed by atoms with E-state index < -0.39 is 0 Å². The van der Waals surface area contributed by atoms with E-state index in [0.717, 1.165) is 26.3 Å². The zero-order chi connectivity index (χ0) is 11.6. The Labute approximate surface area is 107 Å². The maximum atomic E-state index is 5.48. The van der Waals surface area contributed by atoms with Gasteiger partial charge in [-0.15, -0.1) is 11.3 Å². The van der Waals surface area contributed by atoms with Crippen molar-refractivity contribution in [2.24, 2.45) is 0 Å². The highest BCUT2D eigenvalue weighted by Gasteiger charge is 2.41. The van der Waals surface area contributed by atoms with E-state index in [-0.39, 0.29) is 0 Å². The molecule has 0 radical (unpaired) electrons. The zero-order valence-electron chi connectivity index (χ0n) is 10.2. The highest BCUT2D eigenvalue weighted by atomic mass is 32.1. The van der Waals surface area contributed by atoms with Crippen LogP contribution in [0, 0.1) is 0 Å². The van der Waals surface area contributed by atoms with Crippen molar-refractivity contribution in [2.75, 3.05) is 45.9 Å². The first-order valence-corrected chi connectivity index (χ1v) is 7.32. The first-order valence-electron chi connectivity index (χ1n) is 6.44. The minimum Gasteiger partial charge on any atom is -0.379 e. The minimum atomic E-state index is 0.332.